The van der Waals surface area contributed by atoms with Crippen LogP contribution in [0.2, 0.25) is 0 Å². The molecular weight excluding hydrogens is 310 g/mol. The summed E-state index contributed by atoms with van der Waals surface area (Å²) >= 11 is 0. The van der Waals surface area contributed by atoms with Gasteiger partial charge in [0.15, 0.2) is 5.82 Å². The Morgan fingerprint density at radius 3 is 3.04 bits per heavy atom. The normalized spacial score (nSPS) is 22.5. The lowest BCUT2D eigenvalue weighted by Gasteiger charge is -2.27. The second kappa shape index (κ2) is 6.01. The fourth-order valence-electron chi connectivity index (χ4n) is 4.20. The molecule has 2 aromatic rings. The monoisotopic (exact) mass is 331 g/mol. The molecule has 2 aliphatic rings. The van der Waals surface area contributed by atoms with E-state index in [1.165, 1.54) is 12.8 Å². The van der Waals surface area contributed by atoms with Crippen LogP contribution in [0.5, 0.6) is 0 Å². The Balaban J connectivity index is 1.60. The number of aromatic nitrogens is 4. The Morgan fingerprint density at radius 2 is 2.33 bits per heavy atom. The molecule has 1 saturated heterocycles. The minimum Gasteiger partial charge on any atom is -0.377 e. The van der Waals surface area contributed by atoms with E-state index in [4.69, 9.17) is 9.26 Å². The van der Waals surface area contributed by atoms with Crippen molar-refractivity contribution in [2.24, 2.45) is 5.41 Å². The summed E-state index contributed by atoms with van der Waals surface area (Å²) in [7, 11) is 1.61. The van der Waals surface area contributed by atoms with Crippen molar-refractivity contribution in [1.82, 2.24) is 25.2 Å². The molecule has 1 unspecified atom stereocenters. The number of nitrogens with one attached hydrogen (secondary N) is 1. The third-order valence-electron chi connectivity index (χ3n) is 5.33. The first kappa shape index (κ1) is 15.3. The Bertz CT molecular complexity index is 705. The lowest BCUT2D eigenvalue weighted by molar-refractivity contribution is 0.0773. The number of aromatic amines is 1. The van der Waals surface area contributed by atoms with Gasteiger partial charge in [-0.05, 0) is 12.8 Å². The van der Waals surface area contributed by atoms with Gasteiger partial charge in [-0.2, -0.15) is 10.1 Å². The minimum absolute atomic E-state index is 0.00848. The molecule has 1 aliphatic carbocycles. The Kier molecular flexibility index (Phi) is 3.84. The summed E-state index contributed by atoms with van der Waals surface area (Å²) in [6, 6.07) is 0. The quantitative estimate of drug-likeness (QED) is 0.916. The summed E-state index contributed by atoms with van der Waals surface area (Å²) < 4.78 is 10.6. The maximum absolute atomic E-state index is 12.7. The third-order valence-corrected chi connectivity index (χ3v) is 5.33. The standard InChI is InChI=1S/C16H21N5O3/c1-23-9-13-19-14(24-20-13)12-8-21(10-16(12)4-2-3-5-16)15(22)11-6-17-18-7-11/h6-7,12H,2-5,8-10H2,1H3,(H,17,18). The minimum atomic E-state index is 0.00848. The van der Waals surface area contributed by atoms with Crippen LogP contribution in [0.4, 0.5) is 0 Å². The van der Waals surface area contributed by atoms with E-state index in [1.807, 2.05) is 4.90 Å². The predicted molar refractivity (Wildman–Crippen MR) is 83.1 cm³/mol. The Morgan fingerprint density at radius 1 is 1.50 bits per heavy atom. The van der Waals surface area contributed by atoms with Crippen LogP contribution in [0.25, 0.3) is 0 Å². The molecule has 24 heavy (non-hydrogen) atoms. The van der Waals surface area contributed by atoms with Crippen LogP contribution < -0.4 is 0 Å². The molecule has 1 N–H and O–H groups in total. The second-order valence-corrected chi connectivity index (χ2v) is 6.78. The molecule has 2 aromatic heterocycles. The maximum atomic E-state index is 12.7. The van der Waals surface area contributed by atoms with Crippen LogP contribution in [0, 0.1) is 5.41 Å². The number of rotatable bonds is 4. The van der Waals surface area contributed by atoms with E-state index < -0.39 is 0 Å². The van der Waals surface area contributed by atoms with Gasteiger partial charge >= 0.3 is 0 Å². The summed E-state index contributed by atoms with van der Waals surface area (Å²) in [5, 5.41) is 10.6. The van der Waals surface area contributed by atoms with Crippen LogP contribution in [-0.4, -0.2) is 51.3 Å². The summed E-state index contributed by atoms with van der Waals surface area (Å²) in [4.78, 5) is 19.1. The second-order valence-electron chi connectivity index (χ2n) is 6.78. The molecule has 1 aliphatic heterocycles. The van der Waals surface area contributed by atoms with E-state index in [1.54, 1.807) is 19.5 Å². The molecule has 0 bridgehead atoms. The summed E-state index contributed by atoms with van der Waals surface area (Å²) in [5.74, 6) is 1.29. The van der Waals surface area contributed by atoms with Crippen molar-refractivity contribution in [2.75, 3.05) is 20.2 Å². The van der Waals surface area contributed by atoms with Crippen molar-refractivity contribution in [3.8, 4) is 0 Å². The Labute approximate surface area is 139 Å². The van der Waals surface area contributed by atoms with Gasteiger partial charge in [0.25, 0.3) is 5.91 Å². The molecule has 3 heterocycles. The van der Waals surface area contributed by atoms with Gasteiger partial charge in [-0.3, -0.25) is 9.89 Å². The zero-order chi connectivity index (χ0) is 16.6. The van der Waals surface area contributed by atoms with Crippen LogP contribution >= 0.6 is 0 Å². The number of carbonyl (C=O) groups excluding carboxylic acids is 1. The van der Waals surface area contributed by atoms with Crippen molar-refractivity contribution >= 4 is 5.91 Å². The molecule has 1 amide bonds. The average Bonchev–Trinajstić information content (AvgIpc) is 3.36. The van der Waals surface area contributed by atoms with Gasteiger partial charge in [0.1, 0.15) is 6.61 Å². The number of nitrogens with zero attached hydrogens (tertiary/aromatic N) is 4. The van der Waals surface area contributed by atoms with E-state index in [2.05, 4.69) is 20.3 Å². The number of hydrogen-bond acceptors (Lipinski definition) is 6. The van der Waals surface area contributed by atoms with Crippen LogP contribution in [0.15, 0.2) is 16.9 Å². The highest BCUT2D eigenvalue weighted by Crippen LogP contribution is 2.53. The van der Waals surface area contributed by atoms with Crippen molar-refractivity contribution in [3.63, 3.8) is 0 Å². The van der Waals surface area contributed by atoms with Gasteiger partial charge in [0.2, 0.25) is 5.89 Å². The molecule has 1 spiro atoms. The van der Waals surface area contributed by atoms with Gasteiger partial charge in [-0.1, -0.05) is 18.0 Å². The molecular formula is C16H21N5O3. The van der Waals surface area contributed by atoms with E-state index in [-0.39, 0.29) is 17.2 Å². The topological polar surface area (TPSA) is 97.1 Å². The van der Waals surface area contributed by atoms with Crippen LogP contribution in [-0.2, 0) is 11.3 Å². The Hall–Kier alpha value is -2.22. The highest BCUT2D eigenvalue weighted by Gasteiger charge is 2.52. The van der Waals surface area contributed by atoms with Crippen molar-refractivity contribution < 1.29 is 14.1 Å². The predicted octanol–water partition coefficient (Wildman–Crippen LogP) is 1.74. The molecule has 0 radical (unpaired) electrons. The highest BCUT2D eigenvalue weighted by molar-refractivity contribution is 5.94. The fraction of sp³-hybridized carbons (Fsp3) is 0.625. The number of hydrogen-bond donors (Lipinski definition) is 1. The van der Waals surface area contributed by atoms with Gasteiger partial charge in [-0.15, -0.1) is 0 Å². The third kappa shape index (κ3) is 2.50. The molecule has 1 atom stereocenters. The van der Waals surface area contributed by atoms with Crippen LogP contribution in [0.3, 0.4) is 0 Å². The molecule has 1 saturated carbocycles. The van der Waals surface area contributed by atoms with Gasteiger partial charge < -0.3 is 14.2 Å². The maximum Gasteiger partial charge on any atom is 0.257 e. The van der Waals surface area contributed by atoms with E-state index >= 15 is 0 Å². The SMILES string of the molecule is COCc1noc(C2CN(C(=O)c3cn[nH]c3)CC23CCCC3)n1. The summed E-state index contributed by atoms with van der Waals surface area (Å²) in [5.41, 5.74) is 0.644. The molecule has 8 nitrogen and oxygen atoms in total. The molecule has 128 valence electrons. The molecule has 2 fully saturated rings. The number of H-pyrrole nitrogens is 1. The van der Waals surface area contributed by atoms with Crippen molar-refractivity contribution in [1.29, 1.82) is 0 Å². The van der Waals surface area contributed by atoms with Crippen molar-refractivity contribution in [3.05, 3.63) is 29.7 Å². The average molecular weight is 331 g/mol. The lowest BCUT2D eigenvalue weighted by Crippen LogP contribution is -2.31. The molecule has 4 rings (SSSR count). The van der Waals surface area contributed by atoms with Gasteiger partial charge in [0, 0.05) is 31.8 Å². The zero-order valence-electron chi connectivity index (χ0n) is 13.7. The summed E-state index contributed by atoms with van der Waals surface area (Å²) in [6.45, 7) is 1.68. The fourth-order valence-corrected chi connectivity index (χ4v) is 4.20. The van der Waals surface area contributed by atoms with E-state index in [0.29, 0.717) is 30.4 Å². The molecule has 8 heteroatoms. The van der Waals surface area contributed by atoms with Crippen molar-refractivity contribution in [2.45, 2.75) is 38.2 Å². The number of methoxy groups -OCH3 is 1. The first-order valence-corrected chi connectivity index (χ1v) is 8.31. The highest BCUT2D eigenvalue weighted by atomic mass is 16.5. The molecule has 0 aromatic carbocycles. The summed E-state index contributed by atoms with van der Waals surface area (Å²) in [6.07, 6.45) is 7.76. The first-order chi connectivity index (χ1) is 11.7. The largest absolute Gasteiger partial charge is 0.377 e. The number of carbonyl (C=O) groups is 1. The zero-order valence-corrected chi connectivity index (χ0v) is 13.7. The van der Waals surface area contributed by atoms with E-state index in [9.17, 15) is 4.79 Å². The number of ether oxygens (including phenoxy) is 1. The number of likely N-dealkylation sites (tertiary alicyclic amines) is 1. The van der Waals surface area contributed by atoms with Gasteiger partial charge in [0.05, 0.1) is 17.7 Å². The lowest BCUT2D eigenvalue weighted by atomic mass is 9.76. The van der Waals surface area contributed by atoms with Gasteiger partial charge in [-0.25, -0.2) is 0 Å². The van der Waals surface area contributed by atoms with Crippen LogP contribution in [0.1, 0.15) is 53.7 Å². The van der Waals surface area contributed by atoms with E-state index in [0.717, 1.165) is 19.4 Å². The first-order valence-electron chi connectivity index (χ1n) is 8.31. The smallest absolute Gasteiger partial charge is 0.257 e. The number of amides is 1.